The second kappa shape index (κ2) is 6.90. The normalized spacial score (nSPS) is 14.4. The van der Waals surface area contributed by atoms with Crippen LogP contribution in [0.15, 0.2) is 30.3 Å². The Hall–Kier alpha value is -2.58. The molecule has 3 rings (SSSR count). The van der Waals surface area contributed by atoms with Gasteiger partial charge in [-0.1, -0.05) is 12.1 Å². The summed E-state index contributed by atoms with van der Waals surface area (Å²) in [6, 6.07) is 8.97. The average molecular weight is 346 g/mol. The van der Waals surface area contributed by atoms with Crippen LogP contribution in [0.5, 0.6) is 0 Å². The topological polar surface area (TPSA) is 111 Å². The van der Waals surface area contributed by atoms with Gasteiger partial charge in [0, 0.05) is 23.7 Å². The Kier molecular flexibility index (Phi) is 4.68. The van der Waals surface area contributed by atoms with E-state index in [2.05, 4.69) is 10.2 Å². The van der Waals surface area contributed by atoms with Gasteiger partial charge in [0.1, 0.15) is 5.00 Å². The molecule has 5 N–H and O–H groups in total. The third-order valence-corrected chi connectivity index (χ3v) is 4.86. The van der Waals surface area contributed by atoms with E-state index in [0.717, 1.165) is 42.4 Å². The molecule has 7 nitrogen and oxygen atoms in total. The van der Waals surface area contributed by atoms with Crippen molar-refractivity contribution < 1.29 is 14.3 Å². The number of anilines is 2. The Morgan fingerprint density at radius 3 is 2.38 bits per heavy atom. The lowest BCUT2D eigenvalue weighted by atomic mass is 10.1. The molecular weight excluding hydrogens is 328 g/mol. The van der Waals surface area contributed by atoms with E-state index < -0.39 is 11.9 Å². The summed E-state index contributed by atoms with van der Waals surface area (Å²) < 4.78 is 5.36. The molecule has 24 heavy (non-hydrogen) atoms. The van der Waals surface area contributed by atoms with Gasteiger partial charge >= 0.3 is 6.03 Å². The van der Waals surface area contributed by atoms with Crippen molar-refractivity contribution in [2.45, 2.75) is 0 Å². The molecule has 126 valence electrons. The van der Waals surface area contributed by atoms with Gasteiger partial charge in [-0.25, -0.2) is 4.79 Å². The smallest absolute Gasteiger partial charge is 0.317 e. The van der Waals surface area contributed by atoms with E-state index in [9.17, 15) is 9.59 Å². The Morgan fingerprint density at radius 1 is 1.12 bits per heavy atom. The van der Waals surface area contributed by atoms with Gasteiger partial charge in [-0.05, 0) is 23.8 Å². The summed E-state index contributed by atoms with van der Waals surface area (Å²) in [6.45, 7) is 3.21. The molecule has 0 saturated carbocycles. The van der Waals surface area contributed by atoms with Crippen molar-refractivity contribution in [1.29, 1.82) is 0 Å². The van der Waals surface area contributed by atoms with E-state index in [1.54, 1.807) is 6.07 Å². The van der Waals surface area contributed by atoms with Gasteiger partial charge in [0.15, 0.2) is 0 Å². The lowest BCUT2D eigenvalue weighted by Gasteiger charge is -2.28. The van der Waals surface area contributed by atoms with E-state index >= 15 is 0 Å². The molecule has 3 amide bonds. The van der Waals surface area contributed by atoms with Gasteiger partial charge < -0.3 is 21.1 Å². The van der Waals surface area contributed by atoms with Crippen LogP contribution in [-0.2, 0) is 4.74 Å². The molecule has 1 saturated heterocycles. The van der Waals surface area contributed by atoms with E-state index in [0.29, 0.717) is 5.00 Å². The Bertz CT molecular complexity index is 751. The molecule has 0 aliphatic carbocycles. The first kappa shape index (κ1) is 16.3. The van der Waals surface area contributed by atoms with E-state index in [4.69, 9.17) is 16.2 Å². The highest BCUT2D eigenvalue weighted by Crippen LogP contribution is 2.36. The number of hydrogen-bond acceptors (Lipinski definition) is 5. The van der Waals surface area contributed by atoms with Crippen LogP contribution in [0, 0.1) is 0 Å². The summed E-state index contributed by atoms with van der Waals surface area (Å²) in [5, 5.41) is 2.81. The number of amides is 3. The predicted molar refractivity (Wildman–Crippen MR) is 94.5 cm³/mol. The number of ether oxygens (including phenoxy) is 1. The van der Waals surface area contributed by atoms with Gasteiger partial charge in [0.25, 0.3) is 5.91 Å². The third kappa shape index (κ3) is 3.50. The van der Waals surface area contributed by atoms with Crippen molar-refractivity contribution in [3.63, 3.8) is 0 Å². The molecule has 2 heterocycles. The molecule has 0 unspecified atom stereocenters. The molecule has 0 atom stereocenters. The maximum atomic E-state index is 11.5. The first-order valence-corrected chi connectivity index (χ1v) is 8.29. The minimum absolute atomic E-state index is 0.256. The predicted octanol–water partition coefficient (Wildman–Crippen LogP) is 1.84. The maximum absolute atomic E-state index is 11.5. The summed E-state index contributed by atoms with van der Waals surface area (Å²) in [6.07, 6.45) is 0. The first-order chi connectivity index (χ1) is 11.5. The number of carbonyl (C=O) groups is 2. The molecule has 0 bridgehead atoms. The molecule has 1 aliphatic rings. The SMILES string of the molecule is NC(=O)Nc1sc(-c2ccc(N3CCOCC3)cc2)cc1C(N)=O. The third-order valence-electron chi connectivity index (χ3n) is 3.76. The second-order valence-corrected chi connectivity index (χ2v) is 6.41. The molecule has 0 radical (unpaired) electrons. The monoisotopic (exact) mass is 346 g/mol. The lowest BCUT2D eigenvalue weighted by molar-refractivity contribution is 0.100. The summed E-state index contributed by atoms with van der Waals surface area (Å²) in [4.78, 5) is 25.7. The second-order valence-electron chi connectivity index (χ2n) is 5.35. The summed E-state index contributed by atoms with van der Waals surface area (Å²) >= 11 is 1.26. The number of carbonyl (C=O) groups excluding carboxylic acids is 2. The van der Waals surface area contributed by atoms with Crippen molar-refractivity contribution in [3.05, 3.63) is 35.9 Å². The van der Waals surface area contributed by atoms with Crippen LogP contribution in [-0.4, -0.2) is 38.2 Å². The van der Waals surface area contributed by atoms with Crippen LogP contribution in [0.3, 0.4) is 0 Å². The molecule has 0 spiro atoms. The van der Waals surface area contributed by atoms with Crippen LogP contribution in [0.4, 0.5) is 15.5 Å². The molecule has 1 aliphatic heterocycles. The lowest BCUT2D eigenvalue weighted by Crippen LogP contribution is -2.36. The van der Waals surface area contributed by atoms with Crippen LogP contribution >= 0.6 is 11.3 Å². The fraction of sp³-hybridized carbons (Fsp3) is 0.250. The Balaban J connectivity index is 1.85. The molecule has 8 heteroatoms. The quantitative estimate of drug-likeness (QED) is 0.784. The van der Waals surface area contributed by atoms with Crippen LogP contribution < -0.4 is 21.7 Å². The van der Waals surface area contributed by atoms with E-state index in [1.807, 2.05) is 24.3 Å². The zero-order valence-electron chi connectivity index (χ0n) is 13.0. The summed E-state index contributed by atoms with van der Waals surface area (Å²) in [5.41, 5.74) is 12.8. The van der Waals surface area contributed by atoms with Gasteiger partial charge in [0.2, 0.25) is 0 Å². The fourth-order valence-corrected chi connectivity index (χ4v) is 3.65. The number of hydrogen-bond donors (Lipinski definition) is 3. The van der Waals surface area contributed by atoms with E-state index in [1.165, 1.54) is 11.3 Å². The van der Waals surface area contributed by atoms with Crippen molar-refractivity contribution in [3.8, 4) is 10.4 Å². The highest BCUT2D eigenvalue weighted by molar-refractivity contribution is 7.20. The number of rotatable bonds is 4. The van der Waals surface area contributed by atoms with E-state index in [-0.39, 0.29) is 5.56 Å². The number of urea groups is 1. The number of morpholine rings is 1. The molecular formula is C16H18N4O3S. The van der Waals surface area contributed by atoms with Crippen LogP contribution in [0.2, 0.25) is 0 Å². The Morgan fingerprint density at radius 2 is 1.79 bits per heavy atom. The highest BCUT2D eigenvalue weighted by Gasteiger charge is 2.16. The number of nitrogens with one attached hydrogen (secondary N) is 1. The maximum Gasteiger partial charge on any atom is 0.317 e. The van der Waals surface area contributed by atoms with Crippen molar-refractivity contribution in [1.82, 2.24) is 0 Å². The van der Waals surface area contributed by atoms with Crippen LogP contribution in [0.1, 0.15) is 10.4 Å². The van der Waals surface area contributed by atoms with Crippen molar-refractivity contribution >= 4 is 34.0 Å². The minimum Gasteiger partial charge on any atom is -0.378 e. The largest absolute Gasteiger partial charge is 0.378 e. The molecule has 1 aromatic heterocycles. The summed E-state index contributed by atoms with van der Waals surface area (Å²) in [7, 11) is 0. The van der Waals surface area contributed by atoms with Gasteiger partial charge in [-0.15, -0.1) is 11.3 Å². The van der Waals surface area contributed by atoms with Crippen molar-refractivity contribution in [2.24, 2.45) is 11.5 Å². The number of benzene rings is 1. The average Bonchev–Trinajstić information content (AvgIpc) is 2.99. The van der Waals surface area contributed by atoms with Crippen LogP contribution in [0.25, 0.3) is 10.4 Å². The molecule has 1 fully saturated rings. The number of nitrogens with two attached hydrogens (primary N) is 2. The Labute approximate surface area is 143 Å². The standard InChI is InChI=1S/C16H18N4O3S/c17-14(21)12-9-13(24-15(12)19-16(18)22)10-1-3-11(4-2-10)20-5-7-23-8-6-20/h1-4,9H,5-8H2,(H2,17,21)(H3,18,19,22). The number of nitrogens with zero attached hydrogens (tertiary/aromatic N) is 1. The van der Waals surface area contributed by atoms with Crippen molar-refractivity contribution in [2.75, 3.05) is 36.5 Å². The first-order valence-electron chi connectivity index (χ1n) is 7.48. The number of primary amides is 2. The summed E-state index contributed by atoms with van der Waals surface area (Å²) in [5.74, 6) is -0.605. The molecule has 2 aromatic rings. The van der Waals surface area contributed by atoms with Gasteiger partial charge in [0.05, 0.1) is 18.8 Å². The molecule has 1 aromatic carbocycles. The fourth-order valence-electron chi connectivity index (χ4n) is 2.58. The number of thiophene rings is 1. The van der Waals surface area contributed by atoms with Gasteiger partial charge in [-0.2, -0.15) is 0 Å². The zero-order chi connectivity index (χ0) is 17.1. The van der Waals surface area contributed by atoms with Gasteiger partial charge in [-0.3, -0.25) is 10.1 Å². The highest BCUT2D eigenvalue weighted by atomic mass is 32.1. The minimum atomic E-state index is -0.728. The zero-order valence-corrected chi connectivity index (χ0v) is 13.8.